The Labute approximate surface area is 158 Å². The molecule has 0 aliphatic carbocycles. The molecule has 0 N–H and O–H groups in total. The molecule has 2 nitrogen and oxygen atoms in total. The van der Waals surface area contributed by atoms with Crippen molar-refractivity contribution in [2.75, 3.05) is 0 Å². The Balaban J connectivity index is 1.54. The first-order chi connectivity index (χ1) is 12.8. The van der Waals surface area contributed by atoms with Gasteiger partial charge in [0.2, 0.25) is 0 Å². The van der Waals surface area contributed by atoms with E-state index >= 15 is 0 Å². The van der Waals surface area contributed by atoms with Gasteiger partial charge in [-0.15, -0.1) is 0 Å². The molecule has 0 aliphatic rings. The first-order valence-electron chi connectivity index (χ1n) is 10.1. The average molecular weight is 353 g/mol. The summed E-state index contributed by atoms with van der Waals surface area (Å²) in [6, 6.07) is 13.9. The largest absolute Gasteiger partial charge is 0.427 e. The van der Waals surface area contributed by atoms with Gasteiger partial charge in [-0.2, -0.15) is 0 Å². The van der Waals surface area contributed by atoms with Gasteiger partial charge in [-0.25, -0.2) is 0 Å². The summed E-state index contributed by atoms with van der Waals surface area (Å²) in [7, 11) is 0. The van der Waals surface area contributed by atoms with Gasteiger partial charge < -0.3 is 4.74 Å². The minimum Gasteiger partial charge on any atom is -0.427 e. The van der Waals surface area contributed by atoms with E-state index in [0.29, 0.717) is 12.2 Å². The lowest BCUT2D eigenvalue weighted by Gasteiger charge is -2.06. The molecule has 2 aromatic rings. The van der Waals surface area contributed by atoms with Crippen LogP contribution < -0.4 is 4.74 Å². The number of fused-ring (bicyclic) bond motifs is 1. The molecule has 0 aromatic heterocycles. The molecule has 2 rings (SSSR count). The number of benzene rings is 2. The number of ether oxygens (including phenoxy) is 1. The average Bonchev–Trinajstić information content (AvgIpc) is 2.66. The van der Waals surface area contributed by atoms with Crippen LogP contribution in [0.3, 0.4) is 0 Å². The number of esters is 1. The van der Waals surface area contributed by atoms with Crippen LogP contribution in [-0.2, 0) is 4.79 Å². The molecule has 26 heavy (non-hydrogen) atoms. The predicted octanol–water partition coefficient (Wildman–Crippen LogP) is 7.22. The van der Waals surface area contributed by atoms with Gasteiger partial charge in [0.25, 0.3) is 0 Å². The summed E-state index contributed by atoms with van der Waals surface area (Å²) in [5.41, 5.74) is 0. The first-order valence-corrected chi connectivity index (χ1v) is 10.1. The molecular formula is C24H32O2. The number of carbonyl (C=O) groups is 1. The molecule has 0 radical (unpaired) electrons. The third kappa shape index (κ3) is 7.86. The fourth-order valence-electron chi connectivity index (χ4n) is 3.03. The van der Waals surface area contributed by atoms with Crippen LogP contribution in [0.15, 0.2) is 54.6 Å². The van der Waals surface area contributed by atoms with Crippen LogP contribution in [0.5, 0.6) is 5.75 Å². The molecule has 2 heteroatoms. The lowest BCUT2D eigenvalue weighted by atomic mass is 10.1. The van der Waals surface area contributed by atoms with E-state index in [-0.39, 0.29) is 5.97 Å². The summed E-state index contributed by atoms with van der Waals surface area (Å²) >= 11 is 0. The van der Waals surface area contributed by atoms with Gasteiger partial charge in [0.05, 0.1) is 0 Å². The van der Waals surface area contributed by atoms with E-state index in [4.69, 9.17) is 4.74 Å². The lowest BCUT2D eigenvalue weighted by Crippen LogP contribution is -2.07. The zero-order valence-corrected chi connectivity index (χ0v) is 16.1. The summed E-state index contributed by atoms with van der Waals surface area (Å²) in [6.45, 7) is 2.23. The van der Waals surface area contributed by atoms with Crippen molar-refractivity contribution >= 4 is 16.7 Å². The fraction of sp³-hybridized carbons (Fsp3) is 0.458. The third-order valence-electron chi connectivity index (χ3n) is 4.60. The van der Waals surface area contributed by atoms with Crippen LogP contribution in [0.4, 0.5) is 0 Å². The normalized spacial score (nSPS) is 11.3. The number of hydrogen-bond donors (Lipinski definition) is 0. The Morgan fingerprint density at radius 3 is 2.35 bits per heavy atom. The van der Waals surface area contributed by atoms with Crippen LogP contribution in [0.25, 0.3) is 10.8 Å². The fourth-order valence-corrected chi connectivity index (χ4v) is 3.03. The molecule has 0 spiro atoms. The van der Waals surface area contributed by atoms with Crippen molar-refractivity contribution in [3.05, 3.63) is 54.6 Å². The van der Waals surface area contributed by atoms with E-state index in [2.05, 4.69) is 25.1 Å². The van der Waals surface area contributed by atoms with E-state index in [1.165, 1.54) is 44.9 Å². The highest BCUT2D eigenvalue weighted by Gasteiger charge is 2.05. The molecule has 0 atom stereocenters. The molecule has 0 saturated carbocycles. The molecule has 0 unspecified atom stereocenters. The molecule has 0 heterocycles. The SMILES string of the molecule is CCCC/C=C\CCCCCCCC(=O)Oc1ccc2ccccc2c1. The van der Waals surface area contributed by atoms with Crippen LogP contribution in [0.1, 0.15) is 71.1 Å². The summed E-state index contributed by atoms with van der Waals surface area (Å²) in [5, 5.41) is 2.26. The van der Waals surface area contributed by atoms with E-state index in [9.17, 15) is 4.79 Å². The van der Waals surface area contributed by atoms with E-state index in [1.807, 2.05) is 36.4 Å². The Morgan fingerprint density at radius 2 is 1.54 bits per heavy atom. The maximum atomic E-state index is 12.0. The third-order valence-corrected chi connectivity index (χ3v) is 4.60. The van der Waals surface area contributed by atoms with Gasteiger partial charge in [0, 0.05) is 6.42 Å². The molecule has 0 fully saturated rings. The quantitative estimate of drug-likeness (QED) is 0.174. The predicted molar refractivity (Wildman–Crippen MR) is 111 cm³/mol. The highest BCUT2D eigenvalue weighted by atomic mass is 16.5. The lowest BCUT2D eigenvalue weighted by molar-refractivity contribution is -0.134. The van der Waals surface area contributed by atoms with Crippen LogP contribution in [0, 0.1) is 0 Å². The number of carbonyl (C=O) groups excluding carboxylic acids is 1. The number of allylic oxidation sites excluding steroid dienone is 2. The minimum atomic E-state index is -0.126. The highest BCUT2D eigenvalue weighted by Crippen LogP contribution is 2.21. The van der Waals surface area contributed by atoms with E-state index in [0.717, 1.165) is 23.6 Å². The molecular weight excluding hydrogens is 320 g/mol. The maximum Gasteiger partial charge on any atom is 0.311 e. The maximum absolute atomic E-state index is 12.0. The number of unbranched alkanes of at least 4 members (excludes halogenated alkanes) is 7. The number of hydrogen-bond acceptors (Lipinski definition) is 2. The second-order valence-corrected chi connectivity index (χ2v) is 6.90. The summed E-state index contributed by atoms with van der Waals surface area (Å²) in [5.74, 6) is 0.516. The molecule has 0 saturated heterocycles. The molecule has 0 aliphatic heterocycles. The molecule has 140 valence electrons. The highest BCUT2D eigenvalue weighted by molar-refractivity contribution is 5.84. The van der Waals surface area contributed by atoms with Gasteiger partial charge in [0.15, 0.2) is 0 Å². The van der Waals surface area contributed by atoms with Crippen LogP contribution in [0.2, 0.25) is 0 Å². The van der Waals surface area contributed by atoms with Crippen molar-refractivity contribution < 1.29 is 9.53 Å². The Bertz CT molecular complexity index is 687. The minimum absolute atomic E-state index is 0.126. The van der Waals surface area contributed by atoms with Crippen LogP contribution >= 0.6 is 0 Å². The standard InChI is InChI=1S/C24H32O2/c1-2-3-4-5-6-7-8-9-10-11-12-17-24(25)26-23-19-18-21-15-13-14-16-22(21)20-23/h5-6,13-16,18-20H,2-4,7-12,17H2,1H3/b6-5-. The van der Waals surface area contributed by atoms with Gasteiger partial charge in [-0.1, -0.05) is 81.5 Å². The zero-order valence-electron chi connectivity index (χ0n) is 16.1. The van der Waals surface area contributed by atoms with Crippen molar-refractivity contribution in [2.24, 2.45) is 0 Å². The van der Waals surface area contributed by atoms with Gasteiger partial charge in [-0.3, -0.25) is 4.79 Å². The summed E-state index contributed by atoms with van der Waals surface area (Å²) in [4.78, 5) is 12.0. The van der Waals surface area contributed by atoms with Crippen molar-refractivity contribution in [2.45, 2.75) is 71.1 Å². The Morgan fingerprint density at radius 1 is 0.846 bits per heavy atom. The molecule has 2 aromatic carbocycles. The monoisotopic (exact) mass is 352 g/mol. The second-order valence-electron chi connectivity index (χ2n) is 6.90. The zero-order chi connectivity index (χ0) is 18.5. The van der Waals surface area contributed by atoms with Crippen molar-refractivity contribution in [3.63, 3.8) is 0 Å². The summed E-state index contributed by atoms with van der Waals surface area (Å²) < 4.78 is 5.47. The van der Waals surface area contributed by atoms with Crippen LogP contribution in [-0.4, -0.2) is 5.97 Å². The van der Waals surface area contributed by atoms with Crippen molar-refractivity contribution in [1.82, 2.24) is 0 Å². The molecule has 0 bridgehead atoms. The number of rotatable bonds is 12. The van der Waals surface area contributed by atoms with Gasteiger partial charge >= 0.3 is 5.97 Å². The first kappa shape index (κ1) is 20.2. The van der Waals surface area contributed by atoms with Crippen molar-refractivity contribution in [1.29, 1.82) is 0 Å². The van der Waals surface area contributed by atoms with Crippen molar-refractivity contribution in [3.8, 4) is 5.75 Å². The van der Waals surface area contributed by atoms with Gasteiger partial charge in [-0.05, 0) is 48.6 Å². The topological polar surface area (TPSA) is 26.3 Å². The van der Waals surface area contributed by atoms with Gasteiger partial charge in [0.1, 0.15) is 5.75 Å². The van der Waals surface area contributed by atoms with E-state index < -0.39 is 0 Å². The Kier molecular flexibility index (Phi) is 9.56. The smallest absolute Gasteiger partial charge is 0.311 e. The second kappa shape index (κ2) is 12.3. The molecule has 0 amide bonds. The summed E-state index contributed by atoms with van der Waals surface area (Å²) in [6.07, 6.45) is 15.8. The van der Waals surface area contributed by atoms with E-state index in [1.54, 1.807) is 0 Å². The Hall–Kier alpha value is -2.09.